The van der Waals surface area contributed by atoms with Crippen molar-refractivity contribution in [2.45, 2.75) is 44.2 Å². The zero-order valence-corrected chi connectivity index (χ0v) is 13.3. The highest BCUT2D eigenvalue weighted by atomic mass is 35.5. The highest BCUT2D eigenvalue weighted by Gasteiger charge is 2.34. The van der Waals surface area contributed by atoms with Gasteiger partial charge in [-0.2, -0.15) is 0 Å². The van der Waals surface area contributed by atoms with Gasteiger partial charge in [-0.15, -0.1) is 0 Å². The lowest BCUT2D eigenvalue weighted by Gasteiger charge is -2.36. The van der Waals surface area contributed by atoms with E-state index in [1.807, 2.05) is 30.5 Å². The van der Waals surface area contributed by atoms with E-state index in [1.165, 1.54) is 0 Å². The number of hydrogen-bond donors (Lipinski definition) is 2. The molecule has 0 unspecified atom stereocenters. The normalized spacial score (nSPS) is 16.5. The van der Waals surface area contributed by atoms with E-state index < -0.39 is 5.60 Å². The predicted octanol–water partition coefficient (Wildman–Crippen LogP) is 3.11. The van der Waals surface area contributed by atoms with Gasteiger partial charge < -0.3 is 15.0 Å². The lowest BCUT2D eigenvalue weighted by Crippen LogP contribution is -2.47. The van der Waals surface area contributed by atoms with Crippen LogP contribution in [0, 0.1) is 0 Å². The van der Waals surface area contributed by atoms with Crippen LogP contribution in [0.3, 0.4) is 0 Å². The van der Waals surface area contributed by atoms with Gasteiger partial charge in [-0.05, 0) is 49.9 Å². The summed E-state index contributed by atoms with van der Waals surface area (Å²) in [6, 6.07) is 7.86. The number of fused-ring (bicyclic) bond motifs is 1. The first kappa shape index (κ1) is 15.4. The minimum atomic E-state index is -0.647. The summed E-state index contributed by atoms with van der Waals surface area (Å²) in [4.78, 5) is 11.8. The Kier molecular flexibility index (Phi) is 4.41. The fourth-order valence-corrected chi connectivity index (χ4v) is 3.07. The SMILES string of the molecule is O=C(CCCn1ccc2cc(Cl)ccc21)NCC1(O)CCC1. The van der Waals surface area contributed by atoms with Crippen molar-refractivity contribution in [1.82, 2.24) is 9.88 Å². The molecule has 1 heterocycles. The summed E-state index contributed by atoms with van der Waals surface area (Å²) in [6.07, 6.45) is 5.92. The van der Waals surface area contributed by atoms with Gasteiger partial charge in [0.05, 0.1) is 5.60 Å². The summed E-state index contributed by atoms with van der Waals surface area (Å²) in [5.41, 5.74) is 0.486. The number of amides is 1. The van der Waals surface area contributed by atoms with E-state index in [0.29, 0.717) is 13.0 Å². The fraction of sp³-hybridized carbons (Fsp3) is 0.471. The number of carbonyl (C=O) groups excluding carboxylic acids is 1. The average molecular weight is 321 g/mol. The molecule has 1 aliphatic carbocycles. The molecule has 0 bridgehead atoms. The van der Waals surface area contributed by atoms with Crippen LogP contribution >= 0.6 is 11.6 Å². The van der Waals surface area contributed by atoms with Crippen molar-refractivity contribution in [3.05, 3.63) is 35.5 Å². The smallest absolute Gasteiger partial charge is 0.220 e. The maximum Gasteiger partial charge on any atom is 0.220 e. The number of benzene rings is 1. The second kappa shape index (κ2) is 6.31. The second-order valence-corrected chi connectivity index (χ2v) is 6.61. The lowest BCUT2D eigenvalue weighted by atomic mass is 9.80. The molecular formula is C17H21ClN2O2. The van der Waals surface area contributed by atoms with Gasteiger partial charge in [0.1, 0.15) is 0 Å². The Morgan fingerprint density at radius 1 is 1.36 bits per heavy atom. The van der Waals surface area contributed by atoms with E-state index in [0.717, 1.165) is 48.2 Å². The first-order valence-electron chi connectivity index (χ1n) is 7.79. The average Bonchev–Trinajstić information content (AvgIpc) is 2.85. The van der Waals surface area contributed by atoms with Crippen LogP contribution in [0.25, 0.3) is 10.9 Å². The molecule has 0 radical (unpaired) electrons. The highest BCUT2D eigenvalue weighted by Crippen LogP contribution is 2.30. The van der Waals surface area contributed by atoms with Crippen LogP contribution in [0.2, 0.25) is 5.02 Å². The largest absolute Gasteiger partial charge is 0.388 e. The van der Waals surface area contributed by atoms with E-state index in [4.69, 9.17) is 11.6 Å². The number of nitrogens with one attached hydrogen (secondary N) is 1. The van der Waals surface area contributed by atoms with Gasteiger partial charge >= 0.3 is 0 Å². The number of nitrogens with zero attached hydrogens (tertiary/aromatic N) is 1. The third-order valence-electron chi connectivity index (χ3n) is 4.43. The fourth-order valence-electron chi connectivity index (χ4n) is 2.89. The molecule has 2 N–H and O–H groups in total. The maximum absolute atomic E-state index is 11.8. The highest BCUT2D eigenvalue weighted by molar-refractivity contribution is 6.31. The summed E-state index contributed by atoms with van der Waals surface area (Å²) < 4.78 is 2.14. The first-order chi connectivity index (χ1) is 10.6. The molecule has 1 aromatic heterocycles. The van der Waals surface area contributed by atoms with Crippen LogP contribution in [-0.2, 0) is 11.3 Å². The van der Waals surface area contributed by atoms with Crippen molar-refractivity contribution in [2.24, 2.45) is 0 Å². The third kappa shape index (κ3) is 3.45. The van der Waals surface area contributed by atoms with Crippen LogP contribution in [0.1, 0.15) is 32.1 Å². The molecule has 0 aliphatic heterocycles. The van der Waals surface area contributed by atoms with Gasteiger partial charge in [-0.1, -0.05) is 11.6 Å². The summed E-state index contributed by atoms with van der Waals surface area (Å²) in [7, 11) is 0. The molecule has 5 heteroatoms. The Labute approximate surface area is 135 Å². The van der Waals surface area contributed by atoms with Gasteiger partial charge in [0.25, 0.3) is 0 Å². The van der Waals surface area contributed by atoms with E-state index in [1.54, 1.807) is 0 Å². The van der Waals surface area contributed by atoms with Gasteiger partial charge in [0, 0.05) is 41.6 Å². The van der Waals surface area contributed by atoms with Gasteiger partial charge in [0.15, 0.2) is 0 Å². The van der Waals surface area contributed by atoms with Crippen molar-refractivity contribution in [1.29, 1.82) is 0 Å². The van der Waals surface area contributed by atoms with Crippen LogP contribution in [0.15, 0.2) is 30.5 Å². The number of rotatable bonds is 6. The van der Waals surface area contributed by atoms with Crippen molar-refractivity contribution >= 4 is 28.4 Å². The molecule has 0 atom stereocenters. The zero-order chi connectivity index (χ0) is 15.6. The van der Waals surface area contributed by atoms with Crippen LogP contribution < -0.4 is 5.32 Å². The second-order valence-electron chi connectivity index (χ2n) is 6.17. The third-order valence-corrected chi connectivity index (χ3v) is 4.67. The Balaban J connectivity index is 1.46. The summed E-state index contributed by atoms with van der Waals surface area (Å²) in [5.74, 6) is 0.0137. The molecule has 1 fully saturated rings. The first-order valence-corrected chi connectivity index (χ1v) is 8.17. The molecule has 4 nitrogen and oxygen atoms in total. The molecule has 3 rings (SSSR count). The van der Waals surface area contributed by atoms with E-state index in [2.05, 4.69) is 9.88 Å². The molecule has 118 valence electrons. The van der Waals surface area contributed by atoms with E-state index in [9.17, 15) is 9.90 Å². The summed E-state index contributed by atoms with van der Waals surface area (Å²) in [5, 5.41) is 14.6. The number of aryl methyl sites for hydroxylation is 1. The Morgan fingerprint density at radius 2 is 2.18 bits per heavy atom. The molecular weight excluding hydrogens is 300 g/mol. The van der Waals surface area contributed by atoms with Crippen LogP contribution in [0.4, 0.5) is 0 Å². The Bertz CT molecular complexity index is 676. The minimum absolute atomic E-state index is 0.0137. The van der Waals surface area contributed by atoms with Gasteiger partial charge in [-0.25, -0.2) is 0 Å². The van der Waals surface area contributed by atoms with Crippen LogP contribution in [0.5, 0.6) is 0 Å². The number of aliphatic hydroxyl groups is 1. The Hall–Kier alpha value is -1.52. The minimum Gasteiger partial charge on any atom is -0.388 e. The van der Waals surface area contributed by atoms with Crippen molar-refractivity contribution in [3.8, 4) is 0 Å². The summed E-state index contributed by atoms with van der Waals surface area (Å²) >= 11 is 5.98. The molecule has 0 spiro atoms. The Morgan fingerprint density at radius 3 is 2.91 bits per heavy atom. The molecule has 2 aromatic rings. The molecule has 22 heavy (non-hydrogen) atoms. The maximum atomic E-state index is 11.8. The van der Waals surface area contributed by atoms with E-state index >= 15 is 0 Å². The predicted molar refractivity (Wildman–Crippen MR) is 88.0 cm³/mol. The number of carbonyl (C=O) groups is 1. The van der Waals surface area contributed by atoms with Crippen molar-refractivity contribution < 1.29 is 9.90 Å². The van der Waals surface area contributed by atoms with E-state index in [-0.39, 0.29) is 5.91 Å². The lowest BCUT2D eigenvalue weighted by molar-refractivity contribution is -0.123. The van der Waals surface area contributed by atoms with Gasteiger partial charge in [0.2, 0.25) is 5.91 Å². The molecule has 0 saturated heterocycles. The number of aromatic nitrogens is 1. The monoisotopic (exact) mass is 320 g/mol. The number of hydrogen-bond acceptors (Lipinski definition) is 2. The van der Waals surface area contributed by atoms with Crippen LogP contribution in [-0.4, -0.2) is 27.7 Å². The molecule has 1 aromatic carbocycles. The standard InChI is InChI=1S/C17H21ClN2O2/c18-14-4-5-15-13(11-14)6-10-20(15)9-1-3-16(21)19-12-17(22)7-2-8-17/h4-6,10-11,22H,1-3,7-9,12H2,(H,19,21). The van der Waals surface area contributed by atoms with Gasteiger partial charge in [-0.3, -0.25) is 4.79 Å². The topological polar surface area (TPSA) is 54.3 Å². The van der Waals surface area contributed by atoms with Crippen molar-refractivity contribution in [2.75, 3.05) is 6.54 Å². The molecule has 1 amide bonds. The zero-order valence-electron chi connectivity index (χ0n) is 12.5. The molecule has 1 saturated carbocycles. The van der Waals surface area contributed by atoms with Crippen molar-refractivity contribution in [3.63, 3.8) is 0 Å². The number of halogens is 1. The summed E-state index contributed by atoms with van der Waals surface area (Å²) in [6.45, 7) is 1.18. The molecule has 1 aliphatic rings. The quantitative estimate of drug-likeness (QED) is 0.859.